The second kappa shape index (κ2) is 5.61. The maximum absolute atomic E-state index is 9.29. The van der Waals surface area contributed by atoms with Crippen LogP contribution in [0.15, 0.2) is 36.4 Å². The fourth-order valence-corrected chi connectivity index (χ4v) is 1.89. The van der Waals surface area contributed by atoms with Crippen LogP contribution in [0.25, 0.3) is 0 Å². The zero-order valence-corrected chi connectivity index (χ0v) is 11.3. The molecule has 0 amide bonds. The SMILES string of the molecule is Cc1ccc(Oc2ccc(Cl)c(Cl)c2)c(CO)c1. The minimum atomic E-state index is -0.0711. The minimum absolute atomic E-state index is 0.0711. The summed E-state index contributed by atoms with van der Waals surface area (Å²) in [5.74, 6) is 1.20. The largest absolute Gasteiger partial charge is 0.457 e. The first-order valence-corrected chi connectivity index (χ1v) is 6.19. The van der Waals surface area contributed by atoms with Crippen LogP contribution in [-0.2, 0) is 6.61 Å². The van der Waals surface area contributed by atoms with Crippen LogP contribution in [0.5, 0.6) is 11.5 Å². The third kappa shape index (κ3) is 2.96. The van der Waals surface area contributed by atoms with Gasteiger partial charge >= 0.3 is 0 Å². The summed E-state index contributed by atoms with van der Waals surface area (Å²) >= 11 is 11.8. The first-order valence-electron chi connectivity index (χ1n) is 5.43. The molecule has 94 valence electrons. The molecule has 0 radical (unpaired) electrons. The molecule has 0 bridgehead atoms. The number of halogens is 2. The summed E-state index contributed by atoms with van der Waals surface area (Å²) in [5, 5.41) is 10.2. The van der Waals surface area contributed by atoms with E-state index in [1.807, 2.05) is 25.1 Å². The molecule has 1 N–H and O–H groups in total. The summed E-state index contributed by atoms with van der Waals surface area (Å²) in [6.45, 7) is 1.89. The number of ether oxygens (including phenoxy) is 1. The van der Waals surface area contributed by atoms with Crippen LogP contribution in [0.3, 0.4) is 0 Å². The number of aliphatic hydroxyl groups is 1. The van der Waals surface area contributed by atoms with Crippen molar-refractivity contribution in [1.29, 1.82) is 0 Å². The molecule has 0 aliphatic rings. The number of hydrogen-bond acceptors (Lipinski definition) is 2. The summed E-state index contributed by atoms with van der Waals surface area (Å²) in [6.07, 6.45) is 0. The van der Waals surface area contributed by atoms with Crippen LogP contribution in [0.2, 0.25) is 10.0 Å². The summed E-state index contributed by atoms with van der Waals surface area (Å²) < 4.78 is 5.69. The lowest BCUT2D eigenvalue weighted by atomic mass is 10.1. The quantitative estimate of drug-likeness (QED) is 0.893. The van der Waals surface area contributed by atoms with Crippen LogP contribution in [0.1, 0.15) is 11.1 Å². The van der Waals surface area contributed by atoms with E-state index in [4.69, 9.17) is 27.9 Å². The standard InChI is InChI=1S/C14H12Cl2O2/c1-9-2-5-14(10(6-9)8-17)18-11-3-4-12(15)13(16)7-11/h2-7,17H,8H2,1H3. The van der Waals surface area contributed by atoms with E-state index in [9.17, 15) is 5.11 Å². The van der Waals surface area contributed by atoms with Gasteiger partial charge in [0, 0.05) is 11.6 Å². The Bertz CT molecular complexity index is 568. The smallest absolute Gasteiger partial charge is 0.132 e. The van der Waals surface area contributed by atoms with E-state index in [-0.39, 0.29) is 6.61 Å². The van der Waals surface area contributed by atoms with Crippen molar-refractivity contribution in [2.75, 3.05) is 0 Å². The lowest BCUT2D eigenvalue weighted by molar-refractivity contribution is 0.276. The summed E-state index contributed by atoms with van der Waals surface area (Å²) in [7, 11) is 0. The van der Waals surface area contributed by atoms with Gasteiger partial charge in [-0.15, -0.1) is 0 Å². The fraction of sp³-hybridized carbons (Fsp3) is 0.143. The fourth-order valence-electron chi connectivity index (χ4n) is 1.60. The Morgan fingerprint density at radius 3 is 2.50 bits per heavy atom. The van der Waals surface area contributed by atoms with Crippen molar-refractivity contribution in [1.82, 2.24) is 0 Å². The molecule has 2 aromatic carbocycles. The van der Waals surface area contributed by atoms with Gasteiger partial charge in [-0.05, 0) is 25.1 Å². The van der Waals surface area contributed by atoms with Gasteiger partial charge in [-0.2, -0.15) is 0 Å². The molecule has 0 atom stereocenters. The Morgan fingerprint density at radius 2 is 1.83 bits per heavy atom. The molecule has 2 aromatic rings. The van der Waals surface area contributed by atoms with Crippen molar-refractivity contribution in [2.45, 2.75) is 13.5 Å². The van der Waals surface area contributed by atoms with Crippen LogP contribution in [0.4, 0.5) is 0 Å². The van der Waals surface area contributed by atoms with E-state index < -0.39 is 0 Å². The van der Waals surface area contributed by atoms with Gasteiger partial charge in [0.2, 0.25) is 0 Å². The summed E-state index contributed by atoms with van der Waals surface area (Å²) in [4.78, 5) is 0. The van der Waals surface area contributed by atoms with E-state index in [1.165, 1.54) is 0 Å². The Labute approximate surface area is 116 Å². The van der Waals surface area contributed by atoms with Crippen molar-refractivity contribution in [3.8, 4) is 11.5 Å². The predicted octanol–water partition coefficient (Wildman–Crippen LogP) is 4.59. The first kappa shape index (κ1) is 13.2. The monoisotopic (exact) mass is 282 g/mol. The van der Waals surface area contributed by atoms with E-state index in [0.717, 1.165) is 11.1 Å². The molecule has 0 saturated heterocycles. The molecule has 0 fully saturated rings. The van der Waals surface area contributed by atoms with E-state index in [0.29, 0.717) is 21.5 Å². The zero-order valence-electron chi connectivity index (χ0n) is 9.78. The second-order valence-corrected chi connectivity index (χ2v) is 4.76. The highest BCUT2D eigenvalue weighted by molar-refractivity contribution is 6.42. The highest BCUT2D eigenvalue weighted by atomic mass is 35.5. The number of benzene rings is 2. The number of aryl methyl sites for hydroxylation is 1. The van der Waals surface area contributed by atoms with Crippen LogP contribution in [0, 0.1) is 6.92 Å². The molecule has 2 nitrogen and oxygen atoms in total. The van der Waals surface area contributed by atoms with Crippen LogP contribution in [-0.4, -0.2) is 5.11 Å². The van der Waals surface area contributed by atoms with Gasteiger partial charge in [-0.3, -0.25) is 0 Å². The molecule has 0 aliphatic heterocycles. The average Bonchev–Trinajstić information content (AvgIpc) is 2.36. The van der Waals surface area contributed by atoms with Gasteiger partial charge < -0.3 is 9.84 Å². The summed E-state index contributed by atoms with van der Waals surface area (Å²) in [5.41, 5.74) is 1.81. The van der Waals surface area contributed by atoms with Crippen molar-refractivity contribution in [3.63, 3.8) is 0 Å². The van der Waals surface area contributed by atoms with Crippen molar-refractivity contribution in [2.24, 2.45) is 0 Å². The molecule has 0 saturated carbocycles. The number of rotatable bonds is 3. The minimum Gasteiger partial charge on any atom is -0.457 e. The molecular formula is C14H12Cl2O2. The molecule has 0 heterocycles. The second-order valence-electron chi connectivity index (χ2n) is 3.95. The van der Waals surface area contributed by atoms with E-state index in [1.54, 1.807) is 18.2 Å². The van der Waals surface area contributed by atoms with Gasteiger partial charge in [-0.1, -0.05) is 40.9 Å². The number of aliphatic hydroxyl groups excluding tert-OH is 1. The van der Waals surface area contributed by atoms with Gasteiger partial charge in [0.25, 0.3) is 0 Å². The highest BCUT2D eigenvalue weighted by Crippen LogP contribution is 2.31. The molecular weight excluding hydrogens is 271 g/mol. The molecule has 0 spiro atoms. The molecule has 4 heteroatoms. The third-order valence-corrected chi connectivity index (χ3v) is 3.24. The maximum atomic E-state index is 9.29. The molecule has 0 aliphatic carbocycles. The highest BCUT2D eigenvalue weighted by Gasteiger charge is 2.06. The van der Waals surface area contributed by atoms with Crippen molar-refractivity contribution < 1.29 is 9.84 Å². The van der Waals surface area contributed by atoms with E-state index >= 15 is 0 Å². The lowest BCUT2D eigenvalue weighted by Gasteiger charge is -2.11. The predicted molar refractivity (Wildman–Crippen MR) is 73.6 cm³/mol. The van der Waals surface area contributed by atoms with Gasteiger partial charge in [-0.25, -0.2) is 0 Å². The van der Waals surface area contributed by atoms with E-state index in [2.05, 4.69) is 0 Å². The molecule has 2 rings (SSSR count). The third-order valence-electron chi connectivity index (χ3n) is 2.51. The topological polar surface area (TPSA) is 29.5 Å². The van der Waals surface area contributed by atoms with Crippen LogP contribution >= 0.6 is 23.2 Å². The van der Waals surface area contributed by atoms with Gasteiger partial charge in [0.1, 0.15) is 11.5 Å². The summed E-state index contributed by atoms with van der Waals surface area (Å²) in [6, 6.07) is 10.7. The Balaban J connectivity index is 2.30. The molecule has 18 heavy (non-hydrogen) atoms. The number of hydrogen-bond donors (Lipinski definition) is 1. The Morgan fingerprint density at radius 1 is 1.06 bits per heavy atom. The molecule has 0 unspecified atom stereocenters. The molecule has 0 aromatic heterocycles. The van der Waals surface area contributed by atoms with Gasteiger partial charge in [0.15, 0.2) is 0 Å². The van der Waals surface area contributed by atoms with Crippen molar-refractivity contribution in [3.05, 3.63) is 57.6 Å². The normalized spacial score (nSPS) is 10.4. The zero-order chi connectivity index (χ0) is 13.1. The van der Waals surface area contributed by atoms with Crippen LogP contribution < -0.4 is 4.74 Å². The first-order chi connectivity index (χ1) is 8.60. The van der Waals surface area contributed by atoms with Gasteiger partial charge in [0.05, 0.1) is 16.7 Å². The maximum Gasteiger partial charge on any atom is 0.132 e. The van der Waals surface area contributed by atoms with Crippen molar-refractivity contribution >= 4 is 23.2 Å². The Hall–Kier alpha value is -1.22. The Kier molecular flexibility index (Phi) is 4.12. The lowest BCUT2D eigenvalue weighted by Crippen LogP contribution is -1.92. The average molecular weight is 283 g/mol.